The van der Waals surface area contributed by atoms with Crippen molar-refractivity contribution >= 4 is 33.3 Å². The lowest BCUT2D eigenvalue weighted by Gasteiger charge is -2.25. The molecule has 28 heavy (non-hydrogen) atoms. The number of thioether (sulfide) groups is 1. The van der Waals surface area contributed by atoms with Gasteiger partial charge in [-0.1, -0.05) is 25.1 Å². The van der Waals surface area contributed by atoms with Gasteiger partial charge in [0.25, 0.3) is 5.56 Å². The Morgan fingerprint density at radius 1 is 1.29 bits per heavy atom. The van der Waals surface area contributed by atoms with Crippen LogP contribution in [0.2, 0.25) is 0 Å². The number of nitrogens with one attached hydrogen (secondary N) is 1. The molecule has 2 aromatic heterocycles. The first-order valence-corrected chi connectivity index (χ1v) is 12.0. The van der Waals surface area contributed by atoms with Crippen LogP contribution in [0.15, 0.2) is 34.0 Å². The Morgan fingerprint density at radius 2 is 2.14 bits per heavy atom. The van der Waals surface area contributed by atoms with Crippen LogP contribution in [0.4, 0.5) is 0 Å². The lowest BCUT2D eigenvalue weighted by molar-refractivity contribution is -0.733. The van der Waals surface area contributed by atoms with E-state index in [0.717, 1.165) is 41.1 Å². The second-order valence-electron chi connectivity index (χ2n) is 8.25. The van der Waals surface area contributed by atoms with Crippen LogP contribution in [-0.2, 0) is 12.8 Å². The van der Waals surface area contributed by atoms with E-state index in [9.17, 15) is 4.79 Å². The Bertz CT molecular complexity index is 1090. The van der Waals surface area contributed by atoms with Gasteiger partial charge in [-0.05, 0) is 43.7 Å². The number of fused-ring (bicyclic) bond motifs is 4. The molecule has 1 aliphatic heterocycles. The number of H-pyrrole nitrogens is 1. The number of thiophene rings is 1. The topological polar surface area (TPSA) is 62.4 Å². The summed E-state index contributed by atoms with van der Waals surface area (Å²) in [6.45, 7) is 4.46. The van der Waals surface area contributed by atoms with E-state index < -0.39 is 0 Å². The zero-order valence-corrected chi connectivity index (χ0v) is 18.0. The molecule has 146 valence electrons. The van der Waals surface area contributed by atoms with Gasteiger partial charge < -0.3 is 10.3 Å². The van der Waals surface area contributed by atoms with Gasteiger partial charge in [0.1, 0.15) is 16.9 Å². The van der Waals surface area contributed by atoms with Gasteiger partial charge in [-0.15, -0.1) is 23.1 Å². The lowest BCUT2D eigenvalue weighted by Crippen LogP contribution is -2.86. The van der Waals surface area contributed by atoms with E-state index >= 15 is 0 Å². The van der Waals surface area contributed by atoms with Crippen LogP contribution in [-0.4, -0.2) is 15.7 Å². The molecule has 6 heteroatoms. The molecule has 3 heterocycles. The van der Waals surface area contributed by atoms with E-state index in [1.807, 2.05) is 11.8 Å². The zero-order chi connectivity index (χ0) is 19.3. The molecule has 0 unspecified atom stereocenters. The third-order valence-corrected chi connectivity index (χ3v) is 8.41. The number of quaternary nitrogens is 1. The minimum Gasteiger partial charge on any atom is -0.332 e. The van der Waals surface area contributed by atoms with Gasteiger partial charge >= 0.3 is 0 Å². The minimum absolute atomic E-state index is 0.0481. The van der Waals surface area contributed by atoms with Crippen molar-refractivity contribution < 1.29 is 5.32 Å². The Balaban J connectivity index is 1.46. The molecule has 3 atom stereocenters. The number of aryl methyl sites for hydroxylation is 1. The van der Waals surface area contributed by atoms with E-state index in [1.54, 1.807) is 11.3 Å². The molecule has 0 amide bonds. The van der Waals surface area contributed by atoms with Gasteiger partial charge in [-0.25, -0.2) is 4.98 Å². The fraction of sp³-hybridized carbons (Fsp3) is 0.455. The number of benzene rings is 1. The number of rotatable bonds is 3. The molecule has 0 spiro atoms. The van der Waals surface area contributed by atoms with Crippen molar-refractivity contribution in [1.82, 2.24) is 9.97 Å². The van der Waals surface area contributed by atoms with Gasteiger partial charge in [0.05, 0.1) is 5.39 Å². The molecule has 0 radical (unpaired) electrons. The zero-order valence-electron chi connectivity index (χ0n) is 16.3. The molecule has 0 saturated heterocycles. The molecule has 0 saturated carbocycles. The van der Waals surface area contributed by atoms with Crippen molar-refractivity contribution in [2.45, 2.75) is 56.5 Å². The third kappa shape index (κ3) is 3.21. The number of nitrogens with two attached hydrogens (primary N) is 1. The van der Waals surface area contributed by atoms with Crippen LogP contribution in [0, 0.1) is 5.92 Å². The molecule has 5 rings (SSSR count). The van der Waals surface area contributed by atoms with Crippen molar-refractivity contribution in [2.75, 3.05) is 5.75 Å². The minimum atomic E-state index is 0.0481. The Kier molecular flexibility index (Phi) is 4.81. The molecule has 1 aliphatic carbocycles. The van der Waals surface area contributed by atoms with E-state index in [4.69, 9.17) is 4.98 Å². The second-order valence-corrected chi connectivity index (χ2v) is 10.5. The molecular weight excluding hydrogens is 386 g/mol. The predicted molar refractivity (Wildman–Crippen MR) is 116 cm³/mol. The van der Waals surface area contributed by atoms with Crippen LogP contribution < -0.4 is 10.9 Å². The van der Waals surface area contributed by atoms with E-state index in [2.05, 4.69) is 48.4 Å². The van der Waals surface area contributed by atoms with Gasteiger partial charge in [0.15, 0.2) is 5.82 Å². The molecule has 3 N–H and O–H groups in total. The standard InChI is InChI=1S/C22H25N3OS2/c1-12-7-8-15-18(11-12)28-22-19(15)21(26)24-20(25-22)13(2)23-16-9-10-27-17-6-4-3-5-14(16)17/h3-6,12-13,16,23H,7-11H2,1-2H3,(H,24,25,26)/p+1/t12-,13+,16-/m1/s1. The molecule has 4 nitrogen and oxygen atoms in total. The van der Waals surface area contributed by atoms with Crippen LogP contribution in [0.25, 0.3) is 10.2 Å². The SMILES string of the molecule is C[C@@H]1CCc2c(sc3nc([C@H](C)[NH2+][C@@H]4CCSc5ccccc54)[nH]c(=O)c23)C1. The maximum Gasteiger partial charge on any atom is 0.260 e. The van der Waals surface area contributed by atoms with Crippen LogP contribution in [0.5, 0.6) is 0 Å². The summed E-state index contributed by atoms with van der Waals surface area (Å²) in [6.07, 6.45) is 4.41. The summed E-state index contributed by atoms with van der Waals surface area (Å²) in [5, 5.41) is 3.22. The first-order valence-electron chi connectivity index (χ1n) is 10.2. The molecule has 2 aliphatic rings. The maximum absolute atomic E-state index is 12.9. The Morgan fingerprint density at radius 3 is 3.04 bits per heavy atom. The smallest absolute Gasteiger partial charge is 0.260 e. The molecule has 1 aromatic carbocycles. The van der Waals surface area contributed by atoms with E-state index in [-0.39, 0.29) is 11.6 Å². The van der Waals surface area contributed by atoms with Crippen molar-refractivity contribution in [3.63, 3.8) is 0 Å². The quantitative estimate of drug-likeness (QED) is 0.684. The fourth-order valence-electron chi connectivity index (χ4n) is 4.59. The van der Waals surface area contributed by atoms with E-state index in [0.29, 0.717) is 12.0 Å². The average Bonchev–Trinajstić information content (AvgIpc) is 3.06. The predicted octanol–water partition coefficient (Wildman–Crippen LogP) is 3.97. The number of aromatic nitrogens is 2. The van der Waals surface area contributed by atoms with Gasteiger partial charge in [0.2, 0.25) is 0 Å². The van der Waals surface area contributed by atoms with Crippen molar-refractivity contribution in [3.8, 4) is 0 Å². The van der Waals surface area contributed by atoms with Crippen molar-refractivity contribution in [2.24, 2.45) is 5.92 Å². The summed E-state index contributed by atoms with van der Waals surface area (Å²) in [7, 11) is 0. The maximum atomic E-state index is 12.9. The lowest BCUT2D eigenvalue weighted by atomic mass is 9.89. The first-order chi connectivity index (χ1) is 13.6. The molecule has 3 aromatic rings. The van der Waals surface area contributed by atoms with Crippen LogP contribution in [0.1, 0.15) is 60.6 Å². The first kappa shape index (κ1) is 18.4. The van der Waals surface area contributed by atoms with Crippen molar-refractivity contribution in [1.29, 1.82) is 0 Å². The molecule has 0 bridgehead atoms. The largest absolute Gasteiger partial charge is 0.332 e. The summed E-state index contributed by atoms with van der Waals surface area (Å²) < 4.78 is 0. The van der Waals surface area contributed by atoms with Crippen molar-refractivity contribution in [3.05, 3.63) is 56.4 Å². The number of hydrogen-bond donors (Lipinski definition) is 2. The average molecular weight is 413 g/mol. The molecular formula is C22H26N3OS2+. The highest BCUT2D eigenvalue weighted by Crippen LogP contribution is 2.36. The number of aromatic amines is 1. The highest BCUT2D eigenvalue weighted by molar-refractivity contribution is 7.99. The normalized spacial score (nSPS) is 22.6. The third-order valence-electron chi connectivity index (χ3n) is 6.14. The van der Waals surface area contributed by atoms with Gasteiger partial charge in [-0.2, -0.15) is 0 Å². The monoisotopic (exact) mass is 412 g/mol. The van der Waals surface area contributed by atoms with Gasteiger partial charge in [0, 0.05) is 27.5 Å². The second kappa shape index (κ2) is 7.32. The highest BCUT2D eigenvalue weighted by atomic mass is 32.2. The summed E-state index contributed by atoms with van der Waals surface area (Å²) in [4.78, 5) is 24.6. The summed E-state index contributed by atoms with van der Waals surface area (Å²) in [5.74, 6) is 2.65. The van der Waals surface area contributed by atoms with E-state index in [1.165, 1.54) is 27.3 Å². The van der Waals surface area contributed by atoms with Crippen LogP contribution >= 0.6 is 23.1 Å². The van der Waals surface area contributed by atoms with Gasteiger partial charge in [-0.3, -0.25) is 4.79 Å². The number of nitrogens with zero attached hydrogens (tertiary/aromatic N) is 1. The fourth-order valence-corrected chi connectivity index (χ4v) is 7.13. The molecule has 0 fully saturated rings. The van der Waals surface area contributed by atoms with Crippen LogP contribution in [0.3, 0.4) is 0 Å². The summed E-state index contributed by atoms with van der Waals surface area (Å²) in [5.41, 5.74) is 2.72. The Hall–Kier alpha value is -1.63. The summed E-state index contributed by atoms with van der Waals surface area (Å²) >= 11 is 3.68. The summed E-state index contributed by atoms with van der Waals surface area (Å²) in [6, 6.07) is 9.24. The highest BCUT2D eigenvalue weighted by Gasteiger charge is 2.28. The Labute approximate surface area is 173 Å². The number of hydrogen-bond acceptors (Lipinski definition) is 4.